The second-order valence-corrected chi connectivity index (χ2v) is 4.78. The van der Waals surface area contributed by atoms with E-state index >= 15 is 0 Å². The summed E-state index contributed by atoms with van der Waals surface area (Å²) in [5.74, 6) is 1.01. The number of nitrogens with one attached hydrogen (secondary N) is 1. The van der Waals surface area contributed by atoms with Crippen LogP contribution >= 0.6 is 0 Å². The second kappa shape index (κ2) is 5.87. The van der Waals surface area contributed by atoms with Gasteiger partial charge >= 0.3 is 0 Å². The van der Waals surface area contributed by atoms with Gasteiger partial charge in [-0.25, -0.2) is 0 Å². The number of hydrogen-bond acceptors (Lipinski definition) is 3. The van der Waals surface area contributed by atoms with Crippen molar-refractivity contribution in [1.29, 1.82) is 0 Å². The minimum absolute atomic E-state index is 0.0732. The third kappa shape index (κ3) is 3.01. The number of hydrogen-bond donors (Lipinski definition) is 2. The van der Waals surface area contributed by atoms with E-state index in [1.54, 1.807) is 0 Å². The summed E-state index contributed by atoms with van der Waals surface area (Å²) in [6.07, 6.45) is 0.923. The van der Waals surface area contributed by atoms with Crippen LogP contribution in [0.1, 0.15) is 18.9 Å². The molecule has 0 spiro atoms. The zero-order valence-electron chi connectivity index (χ0n) is 10.6. The Morgan fingerprint density at radius 3 is 3.06 bits per heavy atom. The number of fused-ring (bicyclic) bond motifs is 1. The highest BCUT2D eigenvalue weighted by Crippen LogP contribution is 2.28. The Hall–Kier alpha value is -1.55. The monoisotopic (exact) mass is 249 g/mol. The molecule has 4 heteroatoms. The van der Waals surface area contributed by atoms with Crippen LogP contribution in [0.15, 0.2) is 24.3 Å². The Bertz CT molecular complexity index is 394. The second-order valence-electron chi connectivity index (χ2n) is 4.78. The molecule has 1 aromatic carbocycles. The first kappa shape index (κ1) is 12.9. The van der Waals surface area contributed by atoms with Gasteiger partial charge in [-0.05, 0) is 24.0 Å². The van der Waals surface area contributed by atoms with Crippen molar-refractivity contribution in [3.05, 3.63) is 29.8 Å². The molecule has 4 nitrogen and oxygen atoms in total. The number of carbonyl (C=O) groups excluding carboxylic acids is 1. The molecule has 2 unspecified atom stereocenters. The van der Waals surface area contributed by atoms with E-state index in [0.29, 0.717) is 19.4 Å². The molecule has 0 aliphatic carbocycles. The highest BCUT2D eigenvalue weighted by atomic mass is 16.5. The van der Waals surface area contributed by atoms with Gasteiger partial charge in [0.1, 0.15) is 5.75 Å². The molecule has 1 aromatic rings. The summed E-state index contributed by atoms with van der Waals surface area (Å²) in [7, 11) is 0. The molecule has 1 heterocycles. The van der Waals surface area contributed by atoms with Crippen LogP contribution in [0.4, 0.5) is 0 Å². The molecule has 0 bridgehead atoms. The Kier molecular flexibility index (Phi) is 4.20. The van der Waals surface area contributed by atoms with Crippen LogP contribution in [0.5, 0.6) is 5.75 Å². The van der Waals surface area contributed by atoms with Crippen molar-refractivity contribution in [2.45, 2.75) is 25.9 Å². The van der Waals surface area contributed by atoms with Crippen molar-refractivity contribution >= 4 is 5.91 Å². The van der Waals surface area contributed by atoms with Crippen LogP contribution in [0.25, 0.3) is 0 Å². The van der Waals surface area contributed by atoms with Gasteiger partial charge in [-0.3, -0.25) is 4.79 Å². The summed E-state index contributed by atoms with van der Waals surface area (Å²) >= 11 is 0. The molecular formula is C14H19NO3. The maximum Gasteiger partial charge on any atom is 0.261 e. The lowest BCUT2D eigenvalue weighted by Crippen LogP contribution is -2.39. The van der Waals surface area contributed by atoms with Gasteiger partial charge in [0, 0.05) is 19.6 Å². The largest absolute Gasteiger partial charge is 0.480 e. The summed E-state index contributed by atoms with van der Waals surface area (Å²) in [4.78, 5) is 11.9. The lowest BCUT2D eigenvalue weighted by Gasteiger charge is -2.14. The quantitative estimate of drug-likeness (QED) is 0.822. The SMILES string of the molecule is CC(CCO)CNC(=O)C1Cc2ccccc2O1. The third-order valence-electron chi connectivity index (χ3n) is 3.19. The van der Waals surface area contributed by atoms with E-state index in [1.165, 1.54) is 0 Å². The highest BCUT2D eigenvalue weighted by Gasteiger charge is 2.28. The minimum atomic E-state index is -0.413. The maximum atomic E-state index is 11.9. The summed E-state index contributed by atoms with van der Waals surface area (Å²) in [6, 6.07) is 7.72. The molecule has 0 fully saturated rings. The summed E-state index contributed by atoms with van der Waals surface area (Å²) in [6.45, 7) is 2.73. The van der Waals surface area contributed by atoms with Crippen molar-refractivity contribution in [3.8, 4) is 5.75 Å². The first-order chi connectivity index (χ1) is 8.70. The minimum Gasteiger partial charge on any atom is -0.480 e. The number of aliphatic hydroxyl groups excluding tert-OH is 1. The van der Waals surface area contributed by atoms with Crippen LogP contribution in [0.2, 0.25) is 0 Å². The first-order valence-corrected chi connectivity index (χ1v) is 6.34. The van der Waals surface area contributed by atoms with Crippen molar-refractivity contribution in [1.82, 2.24) is 5.32 Å². The summed E-state index contributed by atoms with van der Waals surface area (Å²) in [5.41, 5.74) is 1.08. The van der Waals surface area contributed by atoms with E-state index in [1.807, 2.05) is 31.2 Å². The number of rotatable bonds is 5. The molecule has 0 aromatic heterocycles. The fourth-order valence-corrected chi connectivity index (χ4v) is 2.04. The molecule has 1 aliphatic rings. The first-order valence-electron chi connectivity index (χ1n) is 6.34. The summed E-state index contributed by atoms with van der Waals surface area (Å²) < 4.78 is 5.60. The zero-order chi connectivity index (χ0) is 13.0. The number of carbonyl (C=O) groups is 1. The molecule has 0 saturated heterocycles. The Labute approximate surface area is 107 Å². The molecule has 2 N–H and O–H groups in total. The average Bonchev–Trinajstić information content (AvgIpc) is 2.80. The van der Waals surface area contributed by atoms with Gasteiger partial charge in [0.25, 0.3) is 5.91 Å². The summed E-state index contributed by atoms with van der Waals surface area (Å²) in [5, 5.41) is 11.7. The van der Waals surface area contributed by atoms with E-state index in [9.17, 15) is 4.79 Å². The van der Waals surface area contributed by atoms with Gasteiger partial charge in [-0.2, -0.15) is 0 Å². The molecule has 1 amide bonds. The smallest absolute Gasteiger partial charge is 0.261 e. The molecule has 0 radical (unpaired) electrons. The molecule has 2 atom stereocenters. The van der Waals surface area contributed by atoms with E-state index in [-0.39, 0.29) is 18.4 Å². The Morgan fingerprint density at radius 2 is 2.33 bits per heavy atom. The van der Waals surface area contributed by atoms with Crippen LogP contribution in [-0.4, -0.2) is 30.3 Å². The molecule has 18 heavy (non-hydrogen) atoms. The molecule has 98 valence electrons. The number of benzene rings is 1. The molecule has 0 saturated carbocycles. The lowest BCUT2D eigenvalue weighted by molar-refractivity contribution is -0.127. The van der Waals surface area contributed by atoms with Crippen molar-refractivity contribution in [2.24, 2.45) is 5.92 Å². The van der Waals surface area contributed by atoms with Crippen LogP contribution < -0.4 is 10.1 Å². The van der Waals surface area contributed by atoms with Gasteiger partial charge < -0.3 is 15.2 Å². The standard InChI is InChI=1S/C14H19NO3/c1-10(6-7-16)9-15-14(17)13-8-11-4-2-3-5-12(11)18-13/h2-5,10,13,16H,6-9H2,1H3,(H,15,17). The normalized spacial score (nSPS) is 18.9. The Morgan fingerprint density at radius 1 is 1.56 bits per heavy atom. The molecule has 1 aliphatic heterocycles. The van der Waals surface area contributed by atoms with E-state index < -0.39 is 6.10 Å². The van der Waals surface area contributed by atoms with Gasteiger partial charge in [0.05, 0.1) is 0 Å². The van der Waals surface area contributed by atoms with Gasteiger partial charge in [0.2, 0.25) is 0 Å². The molecule has 2 rings (SSSR count). The third-order valence-corrected chi connectivity index (χ3v) is 3.19. The van der Waals surface area contributed by atoms with Crippen LogP contribution in [0.3, 0.4) is 0 Å². The van der Waals surface area contributed by atoms with Crippen LogP contribution in [0, 0.1) is 5.92 Å². The van der Waals surface area contributed by atoms with Crippen molar-refractivity contribution in [2.75, 3.05) is 13.2 Å². The van der Waals surface area contributed by atoms with Crippen molar-refractivity contribution in [3.63, 3.8) is 0 Å². The fraction of sp³-hybridized carbons (Fsp3) is 0.500. The Balaban J connectivity index is 1.82. The van der Waals surface area contributed by atoms with Crippen LogP contribution in [-0.2, 0) is 11.2 Å². The highest BCUT2D eigenvalue weighted by molar-refractivity contribution is 5.82. The van der Waals surface area contributed by atoms with Gasteiger partial charge in [-0.1, -0.05) is 25.1 Å². The number of para-hydroxylation sites is 1. The number of aliphatic hydroxyl groups is 1. The van der Waals surface area contributed by atoms with E-state index in [0.717, 1.165) is 11.3 Å². The predicted molar refractivity (Wildman–Crippen MR) is 68.4 cm³/mol. The van der Waals surface area contributed by atoms with E-state index in [4.69, 9.17) is 9.84 Å². The van der Waals surface area contributed by atoms with Gasteiger partial charge in [-0.15, -0.1) is 0 Å². The number of amides is 1. The van der Waals surface area contributed by atoms with E-state index in [2.05, 4.69) is 5.32 Å². The zero-order valence-corrected chi connectivity index (χ0v) is 10.6. The van der Waals surface area contributed by atoms with Gasteiger partial charge in [0.15, 0.2) is 6.10 Å². The predicted octanol–water partition coefficient (Wildman–Crippen LogP) is 1.12. The fourth-order valence-electron chi connectivity index (χ4n) is 2.04. The number of ether oxygens (including phenoxy) is 1. The topological polar surface area (TPSA) is 58.6 Å². The molecular weight excluding hydrogens is 230 g/mol. The maximum absolute atomic E-state index is 11.9. The van der Waals surface area contributed by atoms with Crippen molar-refractivity contribution < 1.29 is 14.6 Å². The lowest BCUT2D eigenvalue weighted by atomic mass is 10.1. The average molecular weight is 249 g/mol.